The highest BCUT2D eigenvalue weighted by Crippen LogP contribution is 2.33. The Kier molecular flexibility index (Phi) is 6.22. The number of rotatable bonds is 7. The lowest BCUT2D eigenvalue weighted by Crippen LogP contribution is -2.34. The summed E-state index contributed by atoms with van der Waals surface area (Å²) in [4.78, 5) is 16.7. The van der Waals surface area contributed by atoms with Crippen LogP contribution < -0.4 is 9.64 Å². The fourth-order valence-electron chi connectivity index (χ4n) is 2.95. The molecule has 1 N–H and O–H groups in total. The molecule has 0 unspecified atom stereocenters. The number of alkyl halides is 5. The van der Waals surface area contributed by atoms with Gasteiger partial charge in [0.15, 0.2) is 5.13 Å². The molecule has 12 heteroatoms. The predicted molar refractivity (Wildman–Crippen MR) is 92.6 cm³/mol. The van der Waals surface area contributed by atoms with E-state index in [4.69, 9.17) is 9.84 Å². The molecule has 1 aliphatic heterocycles. The van der Waals surface area contributed by atoms with E-state index in [0.717, 1.165) is 29.7 Å². The zero-order valence-corrected chi connectivity index (χ0v) is 15.4. The number of benzene rings is 1. The Morgan fingerprint density at radius 3 is 2.55 bits per heavy atom. The number of halogens is 5. The number of hydrogen-bond acceptors (Lipinski definition) is 6. The molecule has 0 spiro atoms. The Hall–Kier alpha value is -2.47. The van der Waals surface area contributed by atoms with Gasteiger partial charge in [0.05, 0.1) is 31.0 Å². The molecule has 158 valence electrons. The van der Waals surface area contributed by atoms with Crippen molar-refractivity contribution in [3.05, 3.63) is 40.9 Å². The first-order valence-electron chi connectivity index (χ1n) is 8.33. The molecule has 3 rings (SSSR count). The van der Waals surface area contributed by atoms with E-state index in [0.29, 0.717) is 5.13 Å². The number of hydrogen-bond donors (Lipinski definition) is 1. The number of carboxylic acids is 1. The standard InChI is InChI=1S/C17H15F5N2O4S/c18-15(19)27-8-10-5-12(7-24(10)16-23-6-13(29-16)14(25)26)28-11-3-1-9(2-4-11)17(20,21)22/h1-4,6,10,12,15H,5,7-8H2,(H,25,26)/t10-,12-/m0/s1. The molecular weight excluding hydrogens is 423 g/mol. The number of aromatic carboxylic acids is 1. The van der Waals surface area contributed by atoms with Gasteiger partial charge in [-0.3, -0.25) is 0 Å². The van der Waals surface area contributed by atoms with Gasteiger partial charge in [-0.2, -0.15) is 22.0 Å². The van der Waals surface area contributed by atoms with Crippen LogP contribution in [0.3, 0.4) is 0 Å². The van der Waals surface area contributed by atoms with Crippen molar-refractivity contribution in [1.82, 2.24) is 4.98 Å². The number of carbonyl (C=O) groups is 1. The minimum absolute atomic E-state index is 0.0133. The van der Waals surface area contributed by atoms with Gasteiger partial charge in [0, 0.05) is 6.42 Å². The van der Waals surface area contributed by atoms with Crippen molar-refractivity contribution < 1.29 is 41.3 Å². The fraction of sp³-hybridized carbons (Fsp3) is 0.412. The Morgan fingerprint density at radius 1 is 1.31 bits per heavy atom. The maximum atomic E-state index is 12.7. The van der Waals surface area contributed by atoms with Crippen LogP contribution in [0.5, 0.6) is 5.75 Å². The van der Waals surface area contributed by atoms with Crippen LogP contribution in [0, 0.1) is 0 Å². The smallest absolute Gasteiger partial charge is 0.416 e. The summed E-state index contributed by atoms with van der Waals surface area (Å²) in [7, 11) is 0. The number of ether oxygens (including phenoxy) is 2. The molecule has 1 saturated heterocycles. The summed E-state index contributed by atoms with van der Waals surface area (Å²) in [5.41, 5.74) is -0.815. The van der Waals surface area contributed by atoms with Crippen molar-refractivity contribution in [1.29, 1.82) is 0 Å². The van der Waals surface area contributed by atoms with Crippen molar-refractivity contribution in [3.63, 3.8) is 0 Å². The van der Waals surface area contributed by atoms with Crippen LogP contribution in [0.1, 0.15) is 21.7 Å². The first kappa shape index (κ1) is 21.2. The maximum Gasteiger partial charge on any atom is 0.416 e. The second-order valence-corrected chi connectivity index (χ2v) is 7.22. The van der Waals surface area contributed by atoms with Crippen LogP contribution in [0.25, 0.3) is 0 Å². The van der Waals surface area contributed by atoms with E-state index >= 15 is 0 Å². The molecule has 0 aliphatic carbocycles. The van der Waals surface area contributed by atoms with Crippen molar-refractivity contribution in [3.8, 4) is 5.75 Å². The highest BCUT2D eigenvalue weighted by atomic mass is 32.1. The molecule has 1 aliphatic rings. The molecule has 2 aromatic rings. The van der Waals surface area contributed by atoms with Crippen LogP contribution in [0.2, 0.25) is 0 Å². The van der Waals surface area contributed by atoms with Crippen molar-refractivity contribution in [2.45, 2.75) is 31.4 Å². The maximum absolute atomic E-state index is 12.7. The normalized spacial score (nSPS) is 19.7. The molecule has 1 aromatic heterocycles. The number of thiazole rings is 1. The minimum Gasteiger partial charge on any atom is -0.489 e. The van der Waals surface area contributed by atoms with Gasteiger partial charge in [-0.25, -0.2) is 9.78 Å². The first-order valence-corrected chi connectivity index (χ1v) is 9.14. The third-order valence-electron chi connectivity index (χ3n) is 4.23. The highest BCUT2D eigenvalue weighted by molar-refractivity contribution is 7.17. The number of aromatic nitrogens is 1. The van der Waals surface area contributed by atoms with Crippen molar-refractivity contribution >= 4 is 22.4 Å². The van der Waals surface area contributed by atoms with Crippen LogP contribution in [0.15, 0.2) is 30.5 Å². The van der Waals surface area contributed by atoms with Gasteiger partial charge in [0.2, 0.25) is 0 Å². The van der Waals surface area contributed by atoms with E-state index in [2.05, 4.69) is 9.72 Å². The molecular formula is C17H15F5N2O4S. The molecule has 1 aromatic carbocycles. The van der Waals surface area contributed by atoms with E-state index in [-0.39, 0.29) is 30.2 Å². The summed E-state index contributed by atoms with van der Waals surface area (Å²) in [6.07, 6.45) is -3.59. The van der Waals surface area contributed by atoms with Gasteiger partial charge in [-0.05, 0) is 24.3 Å². The summed E-state index contributed by atoms with van der Waals surface area (Å²) < 4.78 is 72.9. The largest absolute Gasteiger partial charge is 0.489 e. The van der Waals surface area contributed by atoms with Gasteiger partial charge in [0.1, 0.15) is 16.7 Å². The van der Waals surface area contributed by atoms with Gasteiger partial charge in [0.25, 0.3) is 0 Å². The molecule has 29 heavy (non-hydrogen) atoms. The quantitative estimate of drug-likeness (QED) is 0.656. The number of anilines is 1. The second-order valence-electron chi connectivity index (χ2n) is 6.21. The molecule has 0 saturated carbocycles. The van der Waals surface area contributed by atoms with Crippen LogP contribution in [0.4, 0.5) is 27.1 Å². The number of nitrogens with zero attached hydrogens (tertiary/aromatic N) is 2. The summed E-state index contributed by atoms with van der Waals surface area (Å²) in [6, 6.07) is 3.58. The molecule has 2 atom stereocenters. The molecule has 6 nitrogen and oxygen atoms in total. The highest BCUT2D eigenvalue weighted by Gasteiger charge is 2.36. The average molecular weight is 438 g/mol. The monoisotopic (exact) mass is 438 g/mol. The van der Waals surface area contributed by atoms with E-state index in [1.54, 1.807) is 4.90 Å². The Balaban J connectivity index is 1.72. The topological polar surface area (TPSA) is 71.9 Å². The van der Waals surface area contributed by atoms with Gasteiger partial charge >= 0.3 is 18.8 Å². The minimum atomic E-state index is -4.47. The summed E-state index contributed by atoms with van der Waals surface area (Å²) >= 11 is 0.881. The summed E-state index contributed by atoms with van der Waals surface area (Å²) in [6.45, 7) is -3.13. The Labute approximate surface area is 165 Å². The zero-order valence-electron chi connectivity index (χ0n) is 14.6. The van der Waals surface area contributed by atoms with E-state index in [9.17, 15) is 26.7 Å². The molecule has 1 fully saturated rings. The average Bonchev–Trinajstić information content (AvgIpc) is 3.26. The second kappa shape index (κ2) is 8.49. The SMILES string of the molecule is O=C(O)c1cnc(N2C[C@@H](Oc3ccc(C(F)(F)F)cc3)C[C@H]2COC(F)F)s1. The lowest BCUT2D eigenvalue weighted by atomic mass is 10.2. The van der Waals surface area contributed by atoms with Gasteiger partial charge in [-0.1, -0.05) is 11.3 Å². The van der Waals surface area contributed by atoms with Gasteiger partial charge in [-0.15, -0.1) is 0 Å². The van der Waals surface area contributed by atoms with Crippen LogP contribution >= 0.6 is 11.3 Å². The summed E-state index contributed by atoms with van der Waals surface area (Å²) in [5, 5.41) is 9.34. The Morgan fingerprint density at radius 2 is 2.00 bits per heavy atom. The van der Waals surface area contributed by atoms with Crippen LogP contribution in [-0.4, -0.2) is 48.0 Å². The Bertz CT molecular complexity index is 843. The molecule has 0 amide bonds. The third-order valence-corrected chi connectivity index (χ3v) is 5.25. The van der Waals surface area contributed by atoms with Crippen molar-refractivity contribution in [2.75, 3.05) is 18.1 Å². The van der Waals surface area contributed by atoms with Crippen molar-refractivity contribution in [2.24, 2.45) is 0 Å². The van der Waals surface area contributed by atoms with E-state index in [1.165, 1.54) is 12.1 Å². The lowest BCUT2D eigenvalue weighted by Gasteiger charge is -2.23. The third kappa shape index (κ3) is 5.32. The fourth-order valence-corrected chi connectivity index (χ4v) is 3.78. The zero-order chi connectivity index (χ0) is 21.2. The van der Waals surface area contributed by atoms with Gasteiger partial charge < -0.3 is 19.5 Å². The molecule has 0 radical (unpaired) electrons. The predicted octanol–water partition coefficient (Wildman–Crippen LogP) is 4.13. The van der Waals surface area contributed by atoms with E-state index in [1.807, 2.05) is 0 Å². The molecule has 2 heterocycles. The summed E-state index contributed by atoms with van der Waals surface area (Å²) in [5.74, 6) is -0.963. The van der Waals surface area contributed by atoms with Crippen LogP contribution in [-0.2, 0) is 10.9 Å². The number of carboxylic acid groups (broad SMARTS) is 1. The van der Waals surface area contributed by atoms with E-state index < -0.39 is 36.5 Å². The first-order chi connectivity index (χ1) is 13.6. The lowest BCUT2D eigenvalue weighted by molar-refractivity contribution is -0.137. The molecule has 0 bridgehead atoms.